The van der Waals surface area contributed by atoms with Gasteiger partial charge in [-0.2, -0.15) is 0 Å². The maximum absolute atomic E-state index is 7.21. The average Bonchev–Trinajstić information content (AvgIpc) is 2.81. The molecule has 4 rings (SSSR count). The van der Waals surface area contributed by atoms with E-state index in [4.69, 9.17) is 17.7 Å². The third-order valence-electron chi connectivity index (χ3n) is 9.45. The molecular formula is C32H60O4Si. The smallest absolute Gasteiger partial charge is 0.348 e. The molecule has 0 spiro atoms. The van der Waals surface area contributed by atoms with Crippen molar-refractivity contribution in [3.8, 4) is 0 Å². The zero-order valence-electron chi connectivity index (χ0n) is 24.2. The first-order valence-corrected chi connectivity index (χ1v) is 18.7. The lowest BCUT2D eigenvalue weighted by molar-refractivity contribution is -0.116. The summed E-state index contributed by atoms with van der Waals surface area (Å²) in [5, 5.41) is 0. The maximum Gasteiger partial charge on any atom is 0.680 e. The molecule has 0 atom stereocenters. The molecule has 4 nitrogen and oxygen atoms in total. The Morgan fingerprint density at radius 3 is 0.595 bits per heavy atom. The second-order valence-corrected chi connectivity index (χ2v) is 14.8. The van der Waals surface area contributed by atoms with E-state index in [2.05, 4.69) is 0 Å². The molecule has 216 valence electrons. The monoisotopic (exact) mass is 536 g/mol. The molecule has 0 saturated heterocycles. The molecule has 0 amide bonds. The van der Waals surface area contributed by atoms with Crippen LogP contribution in [0.5, 0.6) is 0 Å². The van der Waals surface area contributed by atoms with E-state index in [-0.39, 0.29) is 24.4 Å². The van der Waals surface area contributed by atoms with Gasteiger partial charge < -0.3 is 17.7 Å². The van der Waals surface area contributed by atoms with Gasteiger partial charge in [0, 0.05) is 0 Å². The van der Waals surface area contributed by atoms with Gasteiger partial charge in [0.05, 0.1) is 24.4 Å². The maximum atomic E-state index is 7.21. The van der Waals surface area contributed by atoms with E-state index in [0.29, 0.717) is 0 Å². The highest BCUT2D eigenvalue weighted by Gasteiger charge is 2.53. The van der Waals surface area contributed by atoms with Crippen molar-refractivity contribution >= 4 is 9.05 Å². The summed E-state index contributed by atoms with van der Waals surface area (Å²) < 4.78 is 28.8. The molecule has 0 aromatic heterocycles. The van der Waals surface area contributed by atoms with E-state index in [1.54, 1.807) is 0 Å². The van der Waals surface area contributed by atoms with Crippen molar-refractivity contribution in [3.05, 3.63) is 0 Å². The van der Waals surface area contributed by atoms with Gasteiger partial charge in [-0.25, -0.2) is 0 Å². The molecule has 0 aromatic rings. The van der Waals surface area contributed by atoms with Gasteiger partial charge in [0.1, 0.15) is 0 Å². The highest BCUT2D eigenvalue weighted by molar-refractivity contribution is 6.53. The normalized spacial score (nSPS) is 26.6. The van der Waals surface area contributed by atoms with Crippen LogP contribution in [0.25, 0.3) is 0 Å². The van der Waals surface area contributed by atoms with Crippen LogP contribution in [0.3, 0.4) is 0 Å². The standard InChI is InChI=1S/C32H60O4Si/c1-5-13-21-29(22-14-6-1)33-37(34-30-23-15-7-2-8-16-24-30,35-31-25-17-9-3-10-18-26-31)36-32-27-19-11-4-12-20-28-32/h29-32H,1-28H2. The molecule has 4 fully saturated rings. The summed E-state index contributed by atoms with van der Waals surface area (Å²) in [7, 11) is -3.30. The molecule has 0 aromatic carbocycles. The minimum Gasteiger partial charge on any atom is -0.348 e. The molecule has 0 unspecified atom stereocenters. The van der Waals surface area contributed by atoms with E-state index in [9.17, 15) is 0 Å². The van der Waals surface area contributed by atoms with Crippen molar-refractivity contribution in [1.82, 2.24) is 0 Å². The Kier molecular flexibility index (Phi) is 14.4. The van der Waals surface area contributed by atoms with Crippen LogP contribution in [0.2, 0.25) is 0 Å². The number of rotatable bonds is 8. The van der Waals surface area contributed by atoms with E-state index >= 15 is 0 Å². The van der Waals surface area contributed by atoms with Crippen molar-refractivity contribution in [3.63, 3.8) is 0 Å². The van der Waals surface area contributed by atoms with Crippen LogP contribution in [0.4, 0.5) is 0 Å². The predicted molar refractivity (Wildman–Crippen MR) is 155 cm³/mol. The van der Waals surface area contributed by atoms with Crippen LogP contribution < -0.4 is 0 Å². The average molecular weight is 537 g/mol. The Morgan fingerprint density at radius 2 is 0.405 bits per heavy atom. The van der Waals surface area contributed by atoms with Crippen molar-refractivity contribution in [2.75, 3.05) is 0 Å². The van der Waals surface area contributed by atoms with Crippen LogP contribution in [-0.2, 0) is 17.7 Å². The number of hydrogen-bond acceptors (Lipinski definition) is 4. The first-order chi connectivity index (χ1) is 18.3. The zero-order chi connectivity index (χ0) is 25.4. The van der Waals surface area contributed by atoms with Crippen LogP contribution in [0, 0.1) is 0 Å². The van der Waals surface area contributed by atoms with Crippen LogP contribution >= 0.6 is 0 Å². The van der Waals surface area contributed by atoms with Gasteiger partial charge in [0.15, 0.2) is 0 Å². The molecular weight excluding hydrogens is 476 g/mol. The highest BCUT2D eigenvalue weighted by Crippen LogP contribution is 2.34. The van der Waals surface area contributed by atoms with Crippen molar-refractivity contribution in [2.24, 2.45) is 0 Å². The molecule has 0 aliphatic heterocycles. The van der Waals surface area contributed by atoms with Crippen LogP contribution in [0.15, 0.2) is 0 Å². The first kappa shape index (κ1) is 30.0. The third-order valence-corrected chi connectivity index (χ3v) is 11.9. The fourth-order valence-corrected chi connectivity index (χ4v) is 10.0. The lowest BCUT2D eigenvalue weighted by Gasteiger charge is -2.40. The van der Waals surface area contributed by atoms with Gasteiger partial charge in [-0.3, -0.25) is 0 Å². The molecule has 4 saturated carbocycles. The fourth-order valence-electron chi connectivity index (χ4n) is 7.13. The Labute approximate surface area is 230 Å². The highest BCUT2D eigenvalue weighted by atomic mass is 28.4. The summed E-state index contributed by atoms with van der Waals surface area (Å²) in [6.07, 6.45) is 36.5. The SMILES string of the molecule is C1CCCC(O[Si](OC2CCCCCCC2)(OC2CCCCCCC2)OC2CCCCCCC2)CCC1. The molecule has 0 bridgehead atoms. The molecule has 5 heteroatoms. The Hall–Kier alpha value is 0.0569. The second kappa shape index (κ2) is 17.7. The molecule has 0 heterocycles. The van der Waals surface area contributed by atoms with E-state index in [0.717, 1.165) is 51.4 Å². The van der Waals surface area contributed by atoms with Gasteiger partial charge in [-0.1, -0.05) is 128 Å². The minimum absolute atomic E-state index is 0.239. The topological polar surface area (TPSA) is 36.9 Å². The van der Waals surface area contributed by atoms with Crippen LogP contribution in [0.1, 0.15) is 180 Å². The lowest BCUT2D eigenvalue weighted by atomic mass is 9.99. The Balaban J connectivity index is 1.56. The van der Waals surface area contributed by atoms with Gasteiger partial charge in [0.25, 0.3) is 0 Å². The summed E-state index contributed by atoms with van der Waals surface area (Å²) in [4.78, 5) is 0. The summed E-state index contributed by atoms with van der Waals surface area (Å²) in [5.74, 6) is 0. The quantitative estimate of drug-likeness (QED) is 0.289. The molecule has 4 aliphatic rings. The summed E-state index contributed by atoms with van der Waals surface area (Å²) in [6.45, 7) is 0. The van der Waals surface area contributed by atoms with Gasteiger partial charge in [-0.15, -0.1) is 0 Å². The Morgan fingerprint density at radius 1 is 0.243 bits per heavy atom. The second-order valence-electron chi connectivity index (χ2n) is 12.8. The minimum atomic E-state index is -3.30. The van der Waals surface area contributed by atoms with E-state index in [1.165, 1.54) is 128 Å². The van der Waals surface area contributed by atoms with Gasteiger partial charge >= 0.3 is 9.05 Å². The summed E-state index contributed by atoms with van der Waals surface area (Å²) in [6, 6.07) is 0. The van der Waals surface area contributed by atoms with Crippen molar-refractivity contribution < 1.29 is 17.7 Å². The van der Waals surface area contributed by atoms with Gasteiger partial charge in [-0.05, 0) is 51.4 Å². The van der Waals surface area contributed by atoms with Crippen molar-refractivity contribution in [1.29, 1.82) is 0 Å². The Bertz CT molecular complexity index is 454. The summed E-state index contributed by atoms with van der Waals surface area (Å²) >= 11 is 0. The van der Waals surface area contributed by atoms with E-state index < -0.39 is 9.05 Å². The zero-order valence-corrected chi connectivity index (χ0v) is 25.2. The van der Waals surface area contributed by atoms with Crippen LogP contribution in [-0.4, -0.2) is 33.5 Å². The molecule has 37 heavy (non-hydrogen) atoms. The van der Waals surface area contributed by atoms with E-state index in [1.807, 2.05) is 0 Å². The third kappa shape index (κ3) is 11.6. The van der Waals surface area contributed by atoms with Crippen molar-refractivity contribution in [2.45, 2.75) is 204 Å². The molecule has 4 aliphatic carbocycles. The molecule has 0 N–H and O–H groups in total. The fraction of sp³-hybridized carbons (Fsp3) is 1.00. The molecule has 0 radical (unpaired) electrons. The predicted octanol–water partition coefficient (Wildman–Crippen LogP) is 9.94. The first-order valence-electron chi connectivity index (χ1n) is 17.0. The van der Waals surface area contributed by atoms with Gasteiger partial charge in [0.2, 0.25) is 0 Å². The largest absolute Gasteiger partial charge is 0.680 e. The summed E-state index contributed by atoms with van der Waals surface area (Å²) in [5.41, 5.74) is 0. The lowest BCUT2D eigenvalue weighted by Crippen LogP contribution is -2.57. The number of hydrogen-bond donors (Lipinski definition) is 0.